The van der Waals surface area contributed by atoms with Gasteiger partial charge in [0.05, 0.1) is 0 Å². The average molecular weight is 249 g/mol. The minimum Gasteiger partial charge on any atom is -0.382 e. The monoisotopic (exact) mass is 249 g/mol. The fourth-order valence-electron chi connectivity index (χ4n) is 2.11. The van der Waals surface area contributed by atoms with Crippen molar-refractivity contribution in [3.63, 3.8) is 0 Å². The average Bonchev–Trinajstić information content (AvgIpc) is 2.40. The van der Waals surface area contributed by atoms with Crippen molar-refractivity contribution in [2.24, 2.45) is 0 Å². The number of carbonyl (C=O) groups excluding carboxylic acids is 1. The molecule has 1 saturated heterocycles. The first kappa shape index (κ1) is 12.8. The molecule has 98 valence electrons. The smallest absolute Gasteiger partial charge is 0.274 e. The summed E-state index contributed by atoms with van der Waals surface area (Å²) in [5, 5.41) is 7.54. The summed E-state index contributed by atoms with van der Waals surface area (Å²) in [6, 6.07) is 3.23. The topological polar surface area (TPSA) is 75.3 Å². The van der Waals surface area contributed by atoms with Gasteiger partial charge in [-0.25, -0.2) is 0 Å². The Morgan fingerprint density at radius 2 is 2.00 bits per heavy atom. The van der Waals surface area contributed by atoms with Crippen molar-refractivity contribution in [2.45, 2.75) is 13.3 Å². The highest BCUT2D eigenvalue weighted by atomic mass is 16.2. The third-order valence-electron chi connectivity index (χ3n) is 3.10. The van der Waals surface area contributed by atoms with Crippen molar-refractivity contribution in [1.29, 1.82) is 0 Å². The van der Waals surface area contributed by atoms with Gasteiger partial charge in [0, 0.05) is 26.2 Å². The molecule has 1 amide bonds. The van der Waals surface area contributed by atoms with Crippen LogP contribution < -0.4 is 5.73 Å². The van der Waals surface area contributed by atoms with Crippen LogP contribution in [0.4, 0.5) is 5.82 Å². The first-order valence-electron chi connectivity index (χ1n) is 6.31. The van der Waals surface area contributed by atoms with Gasteiger partial charge in [0.15, 0.2) is 5.69 Å². The summed E-state index contributed by atoms with van der Waals surface area (Å²) < 4.78 is 0. The second-order valence-electron chi connectivity index (χ2n) is 4.48. The van der Waals surface area contributed by atoms with E-state index >= 15 is 0 Å². The molecular weight excluding hydrogens is 230 g/mol. The second kappa shape index (κ2) is 5.77. The molecule has 0 unspecified atom stereocenters. The van der Waals surface area contributed by atoms with E-state index in [2.05, 4.69) is 22.0 Å². The van der Waals surface area contributed by atoms with Gasteiger partial charge in [0.25, 0.3) is 5.91 Å². The number of amides is 1. The zero-order valence-corrected chi connectivity index (χ0v) is 10.7. The lowest BCUT2D eigenvalue weighted by Crippen LogP contribution is -2.48. The van der Waals surface area contributed by atoms with Gasteiger partial charge in [-0.1, -0.05) is 6.92 Å². The van der Waals surface area contributed by atoms with Crippen molar-refractivity contribution >= 4 is 11.7 Å². The van der Waals surface area contributed by atoms with Gasteiger partial charge in [-0.2, -0.15) is 0 Å². The van der Waals surface area contributed by atoms with Gasteiger partial charge in [-0.05, 0) is 25.1 Å². The summed E-state index contributed by atoms with van der Waals surface area (Å²) in [6.45, 7) is 6.64. The summed E-state index contributed by atoms with van der Waals surface area (Å²) >= 11 is 0. The molecule has 0 aliphatic carbocycles. The fourth-order valence-corrected chi connectivity index (χ4v) is 2.11. The number of rotatable bonds is 3. The molecule has 2 N–H and O–H groups in total. The van der Waals surface area contributed by atoms with Crippen LogP contribution in [0, 0.1) is 0 Å². The van der Waals surface area contributed by atoms with E-state index in [4.69, 9.17) is 5.73 Å². The number of hydrogen-bond acceptors (Lipinski definition) is 5. The van der Waals surface area contributed by atoms with Crippen molar-refractivity contribution in [2.75, 3.05) is 38.5 Å². The van der Waals surface area contributed by atoms with E-state index in [1.54, 1.807) is 12.1 Å². The number of piperazine rings is 1. The van der Waals surface area contributed by atoms with Crippen molar-refractivity contribution in [3.8, 4) is 0 Å². The molecule has 18 heavy (non-hydrogen) atoms. The Morgan fingerprint density at radius 1 is 1.28 bits per heavy atom. The molecule has 0 saturated carbocycles. The van der Waals surface area contributed by atoms with Gasteiger partial charge in [-0.15, -0.1) is 10.2 Å². The highest BCUT2D eigenvalue weighted by Gasteiger charge is 2.22. The van der Waals surface area contributed by atoms with Crippen LogP contribution in [0.25, 0.3) is 0 Å². The molecule has 0 radical (unpaired) electrons. The van der Waals surface area contributed by atoms with Crippen LogP contribution in [-0.2, 0) is 0 Å². The Bertz CT molecular complexity index is 397. The normalized spacial score (nSPS) is 16.8. The largest absolute Gasteiger partial charge is 0.382 e. The number of hydrogen-bond donors (Lipinski definition) is 1. The van der Waals surface area contributed by atoms with E-state index in [0.717, 1.165) is 39.1 Å². The molecule has 2 rings (SSSR count). The molecule has 0 atom stereocenters. The van der Waals surface area contributed by atoms with Crippen molar-refractivity contribution in [3.05, 3.63) is 17.8 Å². The summed E-state index contributed by atoms with van der Waals surface area (Å²) in [7, 11) is 0. The molecule has 1 aromatic rings. The standard InChI is InChI=1S/C12H19N5O/c1-2-5-16-6-8-17(9-7-16)12(18)10-3-4-11(13)15-14-10/h3-4H,2,5-9H2,1H3,(H2,13,15). The first-order valence-corrected chi connectivity index (χ1v) is 6.31. The molecule has 1 aliphatic rings. The van der Waals surface area contributed by atoms with Crippen molar-refractivity contribution < 1.29 is 4.79 Å². The number of nitrogens with two attached hydrogens (primary N) is 1. The number of nitrogen functional groups attached to an aromatic ring is 1. The lowest BCUT2D eigenvalue weighted by atomic mass is 10.2. The molecule has 0 aromatic carbocycles. The second-order valence-corrected chi connectivity index (χ2v) is 4.48. The molecule has 0 bridgehead atoms. The molecular formula is C12H19N5O. The van der Waals surface area contributed by atoms with E-state index in [1.807, 2.05) is 4.90 Å². The van der Waals surface area contributed by atoms with Gasteiger partial charge < -0.3 is 10.6 Å². The highest BCUT2D eigenvalue weighted by molar-refractivity contribution is 5.92. The molecule has 2 heterocycles. The molecule has 6 heteroatoms. The summed E-state index contributed by atoms with van der Waals surface area (Å²) in [5.41, 5.74) is 5.82. The maximum atomic E-state index is 12.1. The van der Waals surface area contributed by atoms with Crippen LogP contribution in [0.2, 0.25) is 0 Å². The zero-order chi connectivity index (χ0) is 13.0. The SMILES string of the molecule is CCCN1CCN(C(=O)c2ccc(N)nn2)CC1. The predicted molar refractivity (Wildman–Crippen MR) is 69.1 cm³/mol. The number of aromatic nitrogens is 2. The predicted octanol–water partition coefficient (Wildman–Crippen LogP) is 0.227. The Kier molecular flexibility index (Phi) is 4.09. The number of anilines is 1. The molecule has 1 aliphatic heterocycles. The highest BCUT2D eigenvalue weighted by Crippen LogP contribution is 2.07. The van der Waals surface area contributed by atoms with Gasteiger partial charge in [0.1, 0.15) is 5.82 Å². The maximum absolute atomic E-state index is 12.1. The molecule has 1 fully saturated rings. The first-order chi connectivity index (χ1) is 8.70. The van der Waals surface area contributed by atoms with Crippen LogP contribution in [0.3, 0.4) is 0 Å². The fraction of sp³-hybridized carbons (Fsp3) is 0.583. The van der Waals surface area contributed by atoms with Crippen LogP contribution >= 0.6 is 0 Å². The quantitative estimate of drug-likeness (QED) is 0.829. The molecule has 6 nitrogen and oxygen atoms in total. The van der Waals surface area contributed by atoms with E-state index in [0.29, 0.717) is 11.5 Å². The van der Waals surface area contributed by atoms with Gasteiger partial charge >= 0.3 is 0 Å². The Labute approximate surface area is 107 Å². The Balaban J connectivity index is 1.93. The summed E-state index contributed by atoms with van der Waals surface area (Å²) in [4.78, 5) is 16.3. The van der Waals surface area contributed by atoms with Crippen LogP contribution in [0.1, 0.15) is 23.8 Å². The van der Waals surface area contributed by atoms with Crippen molar-refractivity contribution in [1.82, 2.24) is 20.0 Å². The lowest BCUT2D eigenvalue weighted by Gasteiger charge is -2.34. The maximum Gasteiger partial charge on any atom is 0.274 e. The van der Waals surface area contributed by atoms with Crippen LogP contribution in [-0.4, -0.2) is 58.6 Å². The molecule has 0 spiro atoms. The molecule has 1 aromatic heterocycles. The summed E-state index contributed by atoms with van der Waals surface area (Å²) in [6.07, 6.45) is 1.15. The van der Waals surface area contributed by atoms with Gasteiger partial charge in [0.2, 0.25) is 0 Å². The Morgan fingerprint density at radius 3 is 2.56 bits per heavy atom. The van der Waals surface area contributed by atoms with E-state index in [-0.39, 0.29) is 5.91 Å². The van der Waals surface area contributed by atoms with E-state index < -0.39 is 0 Å². The summed E-state index contributed by atoms with van der Waals surface area (Å²) in [5.74, 6) is 0.276. The number of nitrogens with zero attached hydrogens (tertiary/aromatic N) is 4. The number of carbonyl (C=O) groups is 1. The van der Waals surface area contributed by atoms with E-state index in [1.165, 1.54) is 0 Å². The minimum atomic E-state index is -0.0568. The Hall–Kier alpha value is -1.69. The lowest BCUT2D eigenvalue weighted by molar-refractivity contribution is 0.0630. The van der Waals surface area contributed by atoms with Crippen LogP contribution in [0.15, 0.2) is 12.1 Å². The third-order valence-corrected chi connectivity index (χ3v) is 3.10. The van der Waals surface area contributed by atoms with Crippen LogP contribution in [0.5, 0.6) is 0 Å². The third kappa shape index (κ3) is 2.95. The van der Waals surface area contributed by atoms with Gasteiger partial charge in [-0.3, -0.25) is 9.69 Å². The minimum absolute atomic E-state index is 0.0568. The zero-order valence-electron chi connectivity index (χ0n) is 10.7. The van der Waals surface area contributed by atoms with E-state index in [9.17, 15) is 4.79 Å².